The van der Waals surface area contributed by atoms with Crippen LogP contribution >= 0.6 is 35.6 Å². The zero-order valence-corrected chi connectivity index (χ0v) is 17.5. The fourth-order valence-corrected chi connectivity index (χ4v) is 4.12. The fraction of sp³-hybridized carbons (Fsp3) is 0.150. The molecule has 2 amide bonds. The topological polar surface area (TPSA) is 89.9 Å². The molecule has 150 valence electrons. The first-order valence-electron chi connectivity index (χ1n) is 8.66. The second kappa shape index (κ2) is 9.30. The highest BCUT2D eigenvalue weighted by molar-refractivity contribution is 8.26. The van der Waals surface area contributed by atoms with Crippen molar-refractivity contribution in [3.8, 4) is 11.5 Å². The van der Waals surface area contributed by atoms with Crippen LogP contribution in [0.15, 0.2) is 47.4 Å². The van der Waals surface area contributed by atoms with E-state index in [0.29, 0.717) is 38.5 Å². The molecule has 29 heavy (non-hydrogen) atoms. The van der Waals surface area contributed by atoms with Gasteiger partial charge in [-0.15, -0.1) is 0 Å². The number of nitrogens with one attached hydrogen (secondary N) is 1. The van der Waals surface area contributed by atoms with E-state index < -0.39 is 0 Å². The molecule has 0 aliphatic carbocycles. The third kappa shape index (κ3) is 5.50. The zero-order valence-electron chi connectivity index (χ0n) is 15.1. The monoisotopic (exact) mass is 448 g/mol. The van der Waals surface area contributed by atoms with Crippen LogP contribution in [0.2, 0.25) is 5.02 Å². The third-order valence-corrected chi connectivity index (χ3v) is 5.70. The summed E-state index contributed by atoms with van der Waals surface area (Å²) in [5, 5.41) is 22.4. The summed E-state index contributed by atoms with van der Waals surface area (Å²) in [4.78, 5) is 26.5. The molecule has 6 nitrogen and oxygen atoms in total. The maximum Gasteiger partial charge on any atom is 0.266 e. The van der Waals surface area contributed by atoms with E-state index in [2.05, 4.69) is 5.32 Å². The van der Waals surface area contributed by atoms with E-state index in [4.69, 9.17) is 23.8 Å². The maximum atomic E-state index is 12.6. The lowest BCUT2D eigenvalue weighted by molar-refractivity contribution is -0.122. The van der Waals surface area contributed by atoms with Crippen LogP contribution in [0.3, 0.4) is 0 Å². The average molecular weight is 449 g/mol. The first kappa shape index (κ1) is 21.2. The SMILES string of the molecule is O=C(CCCN1C(=O)/C(=C/c2cc(Cl)ccc2O)SC1=S)Nc1ccc(O)cc1. The number of phenols is 2. The van der Waals surface area contributed by atoms with Gasteiger partial charge in [0.15, 0.2) is 0 Å². The van der Waals surface area contributed by atoms with Gasteiger partial charge < -0.3 is 15.5 Å². The molecule has 0 radical (unpaired) electrons. The lowest BCUT2D eigenvalue weighted by Crippen LogP contribution is -2.29. The quantitative estimate of drug-likeness (QED) is 0.345. The highest BCUT2D eigenvalue weighted by Gasteiger charge is 2.31. The van der Waals surface area contributed by atoms with E-state index >= 15 is 0 Å². The zero-order chi connectivity index (χ0) is 21.0. The Kier molecular flexibility index (Phi) is 6.79. The van der Waals surface area contributed by atoms with E-state index in [-0.39, 0.29) is 29.7 Å². The summed E-state index contributed by atoms with van der Waals surface area (Å²) in [6.07, 6.45) is 2.20. The molecule has 0 unspecified atom stereocenters. The summed E-state index contributed by atoms with van der Waals surface area (Å²) < 4.78 is 0.404. The number of carbonyl (C=O) groups is 2. The number of thiocarbonyl (C=S) groups is 1. The van der Waals surface area contributed by atoms with Crippen molar-refractivity contribution in [2.75, 3.05) is 11.9 Å². The lowest BCUT2D eigenvalue weighted by Gasteiger charge is -2.14. The largest absolute Gasteiger partial charge is 0.508 e. The Morgan fingerprint density at radius 2 is 1.93 bits per heavy atom. The molecule has 1 fully saturated rings. The summed E-state index contributed by atoms with van der Waals surface area (Å²) in [6, 6.07) is 10.8. The number of anilines is 1. The molecule has 1 aliphatic heterocycles. The molecule has 1 saturated heterocycles. The number of rotatable bonds is 6. The molecule has 3 N–H and O–H groups in total. The molecule has 3 rings (SSSR count). The Hall–Kier alpha value is -2.55. The minimum absolute atomic E-state index is 0.0190. The molecular formula is C20H17ClN2O4S2. The highest BCUT2D eigenvalue weighted by atomic mass is 35.5. The molecule has 1 aliphatic rings. The van der Waals surface area contributed by atoms with Crippen LogP contribution in [0.4, 0.5) is 5.69 Å². The van der Waals surface area contributed by atoms with Crippen molar-refractivity contribution in [1.82, 2.24) is 4.90 Å². The van der Waals surface area contributed by atoms with Gasteiger partial charge in [-0.3, -0.25) is 14.5 Å². The Bertz CT molecular complexity index is 992. The van der Waals surface area contributed by atoms with Gasteiger partial charge >= 0.3 is 0 Å². The van der Waals surface area contributed by atoms with Gasteiger partial charge in [-0.1, -0.05) is 35.6 Å². The Morgan fingerprint density at radius 1 is 1.21 bits per heavy atom. The van der Waals surface area contributed by atoms with E-state index in [0.717, 1.165) is 11.8 Å². The number of nitrogens with zero attached hydrogens (tertiary/aromatic N) is 1. The van der Waals surface area contributed by atoms with E-state index in [1.54, 1.807) is 30.3 Å². The van der Waals surface area contributed by atoms with Crippen molar-refractivity contribution in [2.24, 2.45) is 0 Å². The number of benzene rings is 2. The summed E-state index contributed by atoms with van der Waals surface area (Å²) in [6.45, 7) is 0.312. The number of halogens is 1. The average Bonchev–Trinajstić information content (AvgIpc) is 2.94. The van der Waals surface area contributed by atoms with Crippen molar-refractivity contribution in [2.45, 2.75) is 12.8 Å². The number of hydrogen-bond acceptors (Lipinski definition) is 6. The van der Waals surface area contributed by atoms with Gasteiger partial charge in [0, 0.05) is 29.2 Å². The van der Waals surface area contributed by atoms with E-state index in [9.17, 15) is 19.8 Å². The van der Waals surface area contributed by atoms with Gasteiger partial charge in [0.2, 0.25) is 5.91 Å². The molecule has 0 bridgehead atoms. The minimum Gasteiger partial charge on any atom is -0.508 e. The van der Waals surface area contributed by atoms with Crippen molar-refractivity contribution in [3.63, 3.8) is 0 Å². The first-order chi connectivity index (χ1) is 13.8. The van der Waals surface area contributed by atoms with Gasteiger partial charge in [0.05, 0.1) is 4.91 Å². The molecule has 0 atom stereocenters. The maximum absolute atomic E-state index is 12.6. The van der Waals surface area contributed by atoms with Crippen LogP contribution < -0.4 is 5.32 Å². The standard InChI is InChI=1S/C20H17ClN2O4S2/c21-13-3-8-16(25)12(10-13)11-17-19(27)23(20(28)29-17)9-1-2-18(26)22-14-4-6-15(24)7-5-14/h3-8,10-11,24-25H,1-2,9H2,(H,22,26)/b17-11-. The van der Waals surface area contributed by atoms with Crippen molar-refractivity contribution in [3.05, 3.63) is 58.0 Å². The van der Waals surface area contributed by atoms with E-state index in [1.165, 1.54) is 23.1 Å². The Morgan fingerprint density at radius 3 is 2.66 bits per heavy atom. The van der Waals surface area contributed by atoms with Crippen molar-refractivity contribution < 1.29 is 19.8 Å². The summed E-state index contributed by atoms with van der Waals surface area (Å²) in [5.74, 6) is -0.319. The number of phenolic OH excluding ortho intramolecular Hbond substituents is 2. The van der Waals surface area contributed by atoms with Gasteiger partial charge in [0.1, 0.15) is 15.8 Å². The number of aromatic hydroxyl groups is 2. The van der Waals surface area contributed by atoms with Crippen LogP contribution in [-0.2, 0) is 9.59 Å². The molecule has 2 aromatic carbocycles. The lowest BCUT2D eigenvalue weighted by atomic mass is 10.2. The van der Waals surface area contributed by atoms with Crippen LogP contribution in [-0.4, -0.2) is 37.8 Å². The predicted molar refractivity (Wildman–Crippen MR) is 119 cm³/mol. The summed E-state index contributed by atoms with van der Waals surface area (Å²) >= 11 is 12.4. The van der Waals surface area contributed by atoms with Crippen molar-refractivity contribution in [1.29, 1.82) is 0 Å². The minimum atomic E-state index is -0.265. The second-order valence-corrected chi connectivity index (χ2v) is 8.35. The summed E-state index contributed by atoms with van der Waals surface area (Å²) in [5.41, 5.74) is 1.02. The highest BCUT2D eigenvalue weighted by Crippen LogP contribution is 2.34. The molecule has 2 aromatic rings. The van der Waals surface area contributed by atoms with E-state index in [1.807, 2.05) is 0 Å². The number of amides is 2. The normalized spacial score (nSPS) is 15.2. The van der Waals surface area contributed by atoms with Crippen LogP contribution in [0.25, 0.3) is 6.08 Å². The van der Waals surface area contributed by atoms with Crippen LogP contribution in [0.5, 0.6) is 11.5 Å². The smallest absolute Gasteiger partial charge is 0.266 e. The van der Waals surface area contributed by atoms with Gasteiger partial charge in [-0.25, -0.2) is 0 Å². The fourth-order valence-electron chi connectivity index (χ4n) is 2.64. The molecule has 1 heterocycles. The summed E-state index contributed by atoms with van der Waals surface area (Å²) in [7, 11) is 0. The number of thioether (sulfide) groups is 1. The van der Waals surface area contributed by atoms with Gasteiger partial charge in [-0.2, -0.15) is 0 Å². The first-order valence-corrected chi connectivity index (χ1v) is 10.3. The second-order valence-electron chi connectivity index (χ2n) is 6.24. The van der Waals surface area contributed by atoms with Crippen LogP contribution in [0.1, 0.15) is 18.4 Å². The molecule has 9 heteroatoms. The Labute approximate surface area is 182 Å². The number of carbonyl (C=O) groups excluding carboxylic acids is 2. The predicted octanol–water partition coefficient (Wildman–Crippen LogP) is 4.37. The number of hydrogen-bond donors (Lipinski definition) is 3. The van der Waals surface area contributed by atoms with Gasteiger partial charge in [0.25, 0.3) is 5.91 Å². The van der Waals surface area contributed by atoms with Crippen LogP contribution in [0, 0.1) is 0 Å². The third-order valence-electron chi connectivity index (χ3n) is 4.09. The molecular weight excluding hydrogens is 432 g/mol. The molecule has 0 spiro atoms. The molecule has 0 aromatic heterocycles. The molecule has 0 saturated carbocycles. The Balaban J connectivity index is 1.56. The van der Waals surface area contributed by atoms with Crippen molar-refractivity contribution >= 4 is 63.5 Å². The van der Waals surface area contributed by atoms with Gasteiger partial charge in [-0.05, 0) is 55.0 Å².